The van der Waals surface area contributed by atoms with E-state index in [0.717, 1.165) is 16.8 Å². The van der Waals surface area contributed by atoms with Gasteiger partial charge in [0, 0.05) is 18.8 Å². The highest BCUT2D eigenvalue weighted by molar-refractivity contribution is 5.99. The Morgan fingerprint density at radius 1 is 1.08 bits per heavy atom. The van der Waals surface area contributed by atoms with Gasteiger partial charge in [0.15, 0.2) is 0 Å². The Morgan fingerprint density at radius 2 is 1.75 bits per heavy atom. The van der Waals surface area contributed by atoms with Crippen LogP contribution in [-0.4, -0.2) is 34.9 Å². The first kappa shape index (κ1) is 16.0. The van der Waals surface area contributed by atoms with Gasteiger partial charge in [-0.15, -0.1) is 0 Å². The van der Waals surface area contributed by atoms with E-state index >= 15 is 0 Å². The topological polar surface area (TPSA) is 47.4 Å². The van der Waals surface area contributed by atoms with Crippen molar-refractivity contribution in [3.05, 3.63) is 71.9 Å². The van der Waals surface area contributed by atoms with Crippen LogP contribution in [-0.2, 0) is 4.84 Å². The highest BCUT2D eigenvalue weighted by Crippen LogP contribution is 2.25. The highest BCUT2D eigenvalue weighted by Gasteiger charge is 2.21. The number of nitrogens with zero attached hydrogens (tertiary/aromatic N) is 3. The molecule has 0 radical (unpaired) electrons. The van der Waals surface area contributed by atoms with Crippen LogP contribution in [0.15, 0.2) is 60.8 Å². The predicted octanol–water partition coefficient (Wildman–Crippen LogP) is 3.48. The van der Waals surface area contributed by atoms with E-state index in [1.165, 1.54) is 12.2 Å². The molecular formula is C19H19N3O2. The van der Waals surface area contributed by atoms with Crippen LogP contribution < -0.4 is 0 Å². The molecule has 24 heavy (non-hydrogen) atoms. The van der Waals surface area contributed by atoms with E-state index in [0.29, 0.717) is 11.3 Å². The second-order valence-corrected chi connectivity index (χ2v) is 5.52. The fourth-order valence-corrected chi connectivity index (χ4v) is 2.42. The van der Waals surface area contributed by atoms with Gasteiger partial charge in [-0.2, -0.15) is 5.10 Å². The quantitative estimate of drug-likeness (QED) is 0.691. The Bertz CT molecular complexity index is 839. The minimum Gasteiger partial charge on any atom is -0.274 e. The van der Waals surface area contributed by atoms with Gasteiger partial charge < -0.3 is 0 Å². The highest BCUT2D eigenvalue weighted by atomic mass is 16.7. The van der Waals surface area contributed by atoms with E-state index < -0.39 is 0 Å². The van der Waals surface area contributed by atoms with Crippen LogP contribution in [0.1, 0.15) is 15.9 Å². The summed E-state index contributed by atoms with van der Waals surface area (Å²) in [6.07, 6.45) is 1.74. The monoisotopic (exact) mass is 321 g/mol. The van der Waals surface area contributed by atoms with Gasteiger partial charge in [-0.3, -0.25) is 9.63 Å². The maximum atomic E-state index is 12.6. The first-order chi connectivity index (χ1) is 11.6. The number of rotatable bonds is 4. The minimum atomic E-state index is -0.241. The van der Waals surface area contributed by atoms with Crippen molar-refractivity contribution >= 4 is 5.91 Å². The number of aromatic nitrogens is 2. The second-order valence-electron chi connectivity index (χ2n) is 5.52. The minimum absolute atomic E-state index is 0.241. The predicted molar refractivity (Wildman–Crippen MR) is 92.8 cm³/mol. The lowest BCUT2D eigenvalue weighted by molar-refractivity contribution is -0.0756. The molecule has 0 bridgehead atoms. The zero-order valence-corrected chi connectivity index (χ0v) is 13.9. The van der Waals surface area contributed by atoms with E-state index in [-0.39, 0.29) is 5.91 Å². The Hall–Kier alpha value is -2.92. The van der Waals surface area contributed by atoms with Crippen molar-refractivity contribution in [2.24, 2.45) is 0 Å². The second kappa shape index (κ2) is 6.68. The molecule has 0 aliphatic heterocycles. The van der Waals surface area contributed by atoms with Gasteiger partial charge >= 0.3 is 0 Å². The van der Waals surface area contributed by atoms with E-state index in [2.05, 4.69) is 5.10 Å². The number of hydroxylamine groups is 2. The summed E-state index contributed by atoms with van der Waals surface area (Å²) in [5.41, 5.74) is 4.07. The molecule has 5 nitrogen and oxygen atoms in total. The molecule has 0 atom stereocenters. The lowest BCUT2D eigenvalue weighted by atomic mass is 10.1. The first-order valence-corrected chi connectivity index (χ1v) is 7.64. The third-order valence-corrected chi connectivity index (χ3v) is 3.85. The summed E-state index contributed by atoms with van der Waals surface area (Å²) in [6, 6.07) is 17.7. The maximum Gasteiger partial charge on any atom is 0.281 e. The van der Waals surface area contributed by atoms with Crippen molar-refractivity contribution < 1.29 is 9.63 Å². The van der Waals surface area contributed by atoms with Crippen LogP contribution in [0.3, 0.4) is 0 Å². The van der Waals surface area contributed by atoms with Gasteiger partial charge in [0.2, 0.25) is 0 Å². The summed E-state index contributed by atoms with van der Waals surface area (Å²) in [6.45, 7) is 2.02. The molecule has 0 aliphatic rings. The van der Waals surface area contributed by atoms with Gasteiger partial charge in [-0.25, -0.2) is 9.75 Å². The molecule has 0 aliphatic carbocycles. The van der Waals surface area contributed by atoms with Crippen molar-refractivity contribution in [2.75, 3.05) is 14.2 Å². The summed E-state index contributed by atoms with van der Waals surface area (Å²) in [5, 5.41) is 5.83. The van der Waals surface area contributed by atoms with Crippen LogP contribution in [0.2, 0.25) is 0 Å². The summed E-state index contributed by atoms with van der Waals surface area (Å²) in [4.78, 5) is 17.7. The molecule has 0 saturated heterocycles. The normalized spacial score (nSPS) is 10.6. The lowest BCUT2D eigenvalue weighted by Crippen LogP contribution is -2.25. The smallest absolute Gasteiger partial charge is 0.274 e. The molecular weight excluding hydrogens is 302 g/mol. The van der Waals surface area contributed by atoms with E-state index in [9.17, 15) is 4.79 Å². The number of carbonyl (C=O) groups excluding carboxylic acids is 1. The maximum absolute atomic E-state index is 12.6. The summed E-state index contributed by atoms with van der Waals surface area (Å²) in [7, 11) is 3.05. The molecule has 1 aromatic heterocycles. The van der Waals surface area contributed by atoms with Crippen LogP contribution in [0.5, 0.6) is 0 Å². The Kier molecular flexibility index (Phi) is 4.44. The SMILES string of the molecule is CON(C)C(=O)c1cn(-c2ccccc2)nc1-c1ccc(C)cc1. The molecule has 3 rings (SSSR count). The van der Waals surface area contributed by atoms with Crippen molar-refractivity contribution in [3.8, 4) is 16.9 Å². The van der Waals surface area contributed by atoms with Crippen LogP contribution in [0.4, 0.5) is 0 Å². The van der Waals surface area contributed by atoms with E-state index in [1.54, 1.807) is 17.9 Å². The van der Waals surface area contributed by atoms with Crippen molar-refractivity contribution in [2.45, 2.75) is 6.92 Å². The summed E-state index contributed by atoms with van der Waals surface area (Å²) in [5.74, 6) is -0.241. The molecule has 0 unspecified atom stereocenters. The Labute approximate surface area is 141 Å². The lowest BCUT2D eigenvalue weighted by Gasteiger charge is -2.13. The molecule has 1 heterocycles. The van der Waals surface area contributed by atoms with Gasteiger partial charge in [0.05, 0.1) is 18.4 Å². The molecule has 5 heteroatoms. The summed E-state index contributed by atoms with van der Waals surface area (Å²) >= 11 is 0. The standard InChI is InChI=1S/C19H19N3O2/c1-14-9-11-15(12-10-14)18-17(19(23)21(2)24-3)13-22(20-18)16-7-5-4-6-8-16/h4-13H,1-3H3. The molecule has 0 fully saturated rings. The number of hydrogen-bond acceptors (Lipinski definition) is 3. The fourth-order valence-electron chi connectivity index (χ4n) is 2.42. The third kappa shape index (κ3) is 3.07. The van der Waals surface area contributed by atoms with Gasteiger partial charge in [0.1, 0.15) is 5.69 Å². The molecule has 0 spiro atoms. The van der Waals surface area contributed by atoms with Crippen molar-refractivity contribution in [3.63, 3.8) is 0 Å². The number of aryl methyl sites for hydroxylation is 1. The molecule has 3 aromatic rings. The zero-order chi connectivity index (χ0) is 17.1. The third-order valence-electron chi connectivity index (χ3n) is 3.85. The van der Waals surface area contributed by atoms with Crippen molar-refractivity contribution in [1.82, 2.24) is 14.8 Å². The molecule has 0 saturated carbocycles. The Balaban J connectivity index is 2.13. The number of carbonyl (C=O) groups is 1. The van der Waals surface area contributed by atoms with Gasteiger partial charge in [-0.1, -0.05) is 48.0 Å². The summed E-state index contributed by atoms with van der Waals surface area (Å²) < 4.78 is 1.71. The number of benzene rings is 2. The first-order valence-electron chi connectivity index (χ1n) is 7.64. The average Bonchev–Trinajstić information content (AvgIpc) is 3.07. The number of hydrogen-bond donors (Lipinski definition) is 0. The van der Waals surface area contributed by atoms with Crippen molar-refractivity contribution in [1.29, 1.82) is 0 Å². The molecule has 122 valence electrons. The molecule has 2 aromatic carbocycles. The largest absolute Gasteiger partial charge is 0.281 e. The van der Waals surface area contributed by atoms with E-state index in [1.807, 2.05) is 61.5 Å². The number of amides is 1. The van der Waals surface area contributed by atoms with Crippen LogP contribution >= 0.6 is 0 Å². The van der Waals surface area contributed by atoms with Crippen LogP contribution in [0.25, 0.3) is 16.9 Å². The van der Waals surface area contributed by atoms with Crippen LogP contribution in [0, 0.1) is 6.92 Å². The van der Waals surface area contributed by atoms with Gasteiger partial charge in [0.25, 0.3) is 5.91 Å². The van der Waals surface area contributed by atoms with Gasteiger partial charge in [-0.05, 0) is 19.1 Å². The molecule has 1 amide bonds. The fraction of sp³-hybridized carbons (Fsp3) is 0.158. The average molecular weight is 321 g/mol. The zero-order valence-electron chi connectivity index (χ0n) is 13.9. The molecule has 0 N–H and O–H groups in total. The Morgan fingerprint density at radius 3 is 2.38 bits per heavy atom. The number of para-hydroxylation sites is 1. The van der Waals surface area contributed by atoms with E-state index in [4.69, 9.17) is 4.84 Å².